The van der Waals surface area contributed by atoms with E-state index in [9.17, 15) is 0 Å². The summed E-state index contributed by atoms with van der Waals surface area (Å²) in [5.74, 6) is 0. The molecule has 2 aliphatic heterocycles. The van der Waals surface area contributed by atoms with Crippen molar-refractivity contribution in [1.29, 1.82) is 0 Å². The van der Waals surface area contributed by atoms with Crippen LogP contribution in [0.1, 0.15) is 70.0 Å². The molecule has 2 unspecified atom stereocenters. The summed E-state index contributed by atoms with van der Waals surface area (Å²) >= 11 is 0. The van der Waals surface area contributed by atoms with Crippen LogP contribution >= 0.6 is 0 Å². The Morgan fingerprint density at radius 3 is 2.33 bits per heavy atom. The molecule has 2 atom stereocenters. The Balaban J connectivity index is 2.16. The summed E-state index contributed by atoms with van der Waals surface area (Å²) in [5, 5.41) is 0. The molecule has 1 aromatic heterocycles. The summed E-state index contributed by atoms with van der Waals surface area (Å²) in [4.78, 5) is 2.72. The lowest BCUT2D eigenvalue weighted by Crippen LogP contribution is -2.62. The first kappa shape index (κ1) is 15.8. The molecule has 0 saturated carbocycles. The minimum Gasteiger partial charge on any atom is -0.353 e. The van der Waals surface area contributed by atoms with E-state index in [1.807, 2.05) is 0 Å². The average Bonchev–Trinajstić information content (AvgIpc) is 2.98. The molecule has 0 aliphatic carbocycles. The molecule has 2 aromatic rings. The first-order valence-corrected chi connectivity index (χ1v) is 9.12. The Bertz CT molecular complexity index is 840. The molecule has 3 heterocycles. The molecule has 4 rings (SSSR count). The SMILES string of the molecule is Cc1cccc2c1N1C(C)c3ccn(C)c3C1(C)C(C)(C)C2(C)C. The van der Waals surface area contributed by atoms with Crippen LogP contribution in [0.5, 0.6) is 0 Å². The third-order valence-corrected chi connectivity index (χ3v) is 7.82. The molecular weight excluding hydrogens is 292 g/mol. The fraction of sp³-hybridized carbons (Fsp3) is 0.545. The molecule has 0 radical (unpaired) electrons. The van der Waals surface area contributed by atoms with Gasteiger partial charge in [-0.15, -0.1) is 0 Å². The van der Waals surface area contributed by atoms with Crippen molar-refractivity contribution in [3.8, 4) is 0 Å². The zero-order valence-electron chi connectivity index (χ0n) is 16.4. The van der Waals surface area contributed by atoms with Crippen LogP contribution in [0.15, 0.2) is 30.5 Å². The Labute approximate surface area is 146 Å². The van der Waals surface area contributed by atoms with E-state index in [-0.39, 0.29) is 16.4 Å². The molecule has 1 aromatic carbocycles. The third-order valence-electron chi connectivity index (χ3n) is 7.82. The van der Waals surface area contributed by atoms with Crippen LogP contribution < -0.4 is 4.90 Å². The summed E-state index contributed by atoms with van der Waals surface area (Å²) in [6.07, 6.45) is 2.24. The zero-order chi connectivity index (χ0) is 17.7. The maximum absolute atomic E-state index is 2.72. The summed E-state index contributed by atoms with van der Waals surface area (Å²) in [6.45, 7) is 16.9. The first-order chi connectivity index (χ1) is 11.1. The van der Waals surface area contributed by atoms with Gasteiger partial charge in [-0.3, -0.25) is 0 Å². The lowest BCUT2D eigenvalue weighted by Gasteiger charge is -2.62. The average molecular weight is 322 g/mol. The molecule has 0 saturated heterocycles. The highest BCUT2D eigenvalue weighted by atomic mass is 15.3. The Morgan fingerprint density at radius 2 is 1.67 bits per heavy atom. The van der Waals surface area contributed by atoms with E-state index in [4.69, 9.17) is 0 Å². The lowest BCUT2D eigenvalue weighted by molar-refractivity contribution is 0.0606. The summed E-state index contributed by atoms with van der Waals surface area (Å²) in [5.41, 5.74) is 7.46. The van der Waals surface area contributed by atoms with Crippen LogP contribution in [0.3, 0.4) is 0 Å². The number of hydrogen-bond acceptors (Lipinski definition) is 1. The quantitative estimate of drug-likeness (QED) is 0.626. The molecule has 0 amide bonds. The molecule has 2 nitrogen and oxygen atoms in total. The van der Waals surface area contributed by atoms with E-state index >= 15 is 0 Å². The van der Waals surface area contributed by atoms with Gasteiger partial charge in [-0.1, -0.05) is 45.9 Å². The van der Waals surface area contributed by atoms with Crippen molar-refractivity contribution in [2.45, 2.75) is 65.5 Å². The number of para-hydroxylation sites is 1. The van der Waals surface area contributed by atoms with Crippen molar-refractivity contribution in [3.63, 3.8) is 0 Å². The summed E-state index contributed by atoms with van der Waals surface area (Å²) in [7, 11) is 2.21. The monoisotopic (exact) mass is 322 g/mol. The summed E-state index contributed by atoms with van der Waals surface area (Å²) in [6, 6.07) is 9.57. The highest BCUT2D eigenvalue weighted by molar-refractivity contribution is 5.72. The standard InChI is InChI=1S/C22H30N2/c1-14-10-9-11-17-18(14)24-15(2)16-12-13-23(8)19(16)22(24,7)21(5,6)20(17,3)4/h9-13,15H,1-8H3. The van der Waals surface area contributed by atoms with Gasteiger partial charge in [0.15, 0.2) is 0 Å². The second-order valence-electron chi connectivity index (χ2n) is 9.07. The van der Waals surface area contributed by atoms with Gasteiger partial charge in [-0.25, -0.2) is 0 Å². The van der Waals surface area contributed by atoms with Crippen molar-refractivity contribution in [3.05, 3.63) is 52.8 Å². The highest BCUT2D eigenvalue weighted by Crippen LogP contribution is 2.67. The topological polar surface area (TPSA) is 8.17 Å². The van der Waals surface area contributed by atoms with E-state index in [1.54, 1.807) is 0 Å². The fourth-order valence-electron chi connectivity index (χ4n) is 5.59. The van der Waals surface area contributed by atoms with Crippen molar-refractivity contribution in [2.24, 2.45) is 12.5 Å². The van der Waals surface area contributed by atoms with Crippen LogP contribution in [0.2, 0.25) is 0 Å². The molecule has 0 bridgehead atoms. The van der Waals surface area contributed by atoms with Gasteiger partial charge in [-0.05, 0) is 48.9 Å². The molecule has 128 valence electrons. The second kappa shape index (κ2) is 4.28. The van der Waals surface area contributed by atoms with Crippen LogP contribution in [0.25, 0.3) is 0 Å². The molecule has 0 spiro atoms. The number of hydrogen-bond donors (Lipinski definition) is 0. The highest BCUT2D eigenvalue weighted by Gasteiger charge is 2.64. The lowest BCUT2D eigenvalue weighted by atomic mass is 9.52. The first-order valence-electron chi connectivity index (χ1n) is 9.12. The van der Waals surface area contributed by atoms with Gasteiger partial charge in [0.1, 0.15) is 0 Å². The van der Waals surface area contributed by atoms with Crippen LogP contribution in [0, 0.1) is 12.3 Å². The molecular formula is C22H30N2. The minimum atomic E-state index is -0.0252. The predicted molar refractivity (Wildman–Crippen MR) is 102 cm³/mol. The Kier molecular flexibility index (Phi) is 2.82. The Hall–Kier alpha value is -1.70. The number of anilines is 1. The van der Waals surface area contributed by atoms with Crippen LogP contribution in [0.4, 0.5) is 5.69 Å². The fourth-order valence-corrected chi connectivity index (χ4v) is 5.59. The molecule has 2 aliphatic rings. The van der Waals surface area contributed by atoms with Crippen LogP contribution in [-0.2, 0) is 18.0 Å². The molecule has 24 heavy (non-hydrogen) atoms. The molecule has 0 fully saturated rings. The van der Waals surface area contributed by atoms with Gasteiger partial charge in [-0.2, -0.15) is 0 Å². The van der Waals surface area contributed by atoms with E-state index in [0.29, 0.717) is 6.04 Å². The van der Waals surface area contributed by atoms with Gasteiger partial charge in [0.25, 0.3) is 0 Å². The predicted octanol–water partition coefficient (Wildman–Crippen LogP) is 5.45. The minimum absolute atomic E-state index is 0.0252. The maximum Gasteiger partial charge on any atom is 0.0844 e. The van der Waals surface area contributed by atoms with Gasteiger partial charge in [0.05, 0.1) is 11.6 Å². The van der Waals surface area contributed by atoms with Crippen molar-refractivity contribution >= 4 is 5.69 Å². The molecule has 0 N–H and O–H groups in total. The largest absolute Gasteiger partial charge is 0.353 e. The number of nitrogens with zero attached hydrogens (tertiary/aromatic N) is 2. The van der Waals surface area contributed by atoms with Gasteiger partial charge in [0, 0.05) is 30.0 Å². The number of aromatic nitrogens is 1. The van der Waals surface area contributed by atoms with Crippen LogP contribution in [-0.4, -0.2) is 4.57 Å². The normalized spacial score (nSPS) is 29.2. The molecule has 2 heteroatoms. The van der Waals surface area contributed by atoms with E-state index in [0.717, 1.165) is 0 Å². The van der Waals surface area contributed by atoms with Crippen molar-refractivity contribution in [2.75, 3.05) is 4.90 Å². The number of benzene rings is 1. The smallest absolute Gasteiger partial charge is 0.0844 e. The van der Waals surface area contributed by atoms with E-state index in [1.165, 1.54) is 28.1 Å². The maximum atomic E-state index is 2.72. The number of rotatable bonds is 0. The van der Waals surface area contributed by atoms with Gasteiger partial charge >= 0.3 is 0 Å². The van der Waals surface area contributed by atoms with E-state index < -0.39 is 0 Å². The number of aryl methyl sites for hydroxylation is 2. The van der Waals surface area contributed by atoms with Gasteiger partial charge in [0.2, 0.25) is 0 Å². The third kappa shape index (κ3) is 1.41. The van der Waals surface area contributed by atoms with E-state index in [2.05, 4.69) is 95.4 Å². The zero-order valence-corrected chi connectivity index (χ0v) is 16.4. The second-order valence-corrected chi connectivity index (χ2v) is 9.07. The number of fused-ring (bicyclic) bond motifs is 5. The summed E-state index contributed by atoms with van der Waals surface area (Å²) < 4.78 is 2.35. The van der Waals surface area contributed by atoms with Crippen molar-refractivity contribution in [1.82, 2.24) is 4.57 Å². The van der Waals surface area contributed by atoms with Gasteiger partial charge < -0.3 is 9.47 Å². The Morgan fingerprint density at radius 1 is 1.00 bits per heavy atom. The van der Waals surface area contributed by atoms with Crippen molar-refractivity contribution < 1.29 is 0 Å².